The fourth-order valence-electron chi connectivity index (χ4n) is 6.03. The molecule has 9 heteroatoms. The molecule has 5 atom stereocenters. The minimum atomic E-state index is -0.941. The Bertz CT molecular complexity index is 1020. The van der Waals surface area contributed by atoms with E-state index in [2.05, 4.69) is 6.07 Å². The van der Waals surface area contributed by atoms with Gasteiger partial charge < -0.3 is 20.6 Å². The lowest BCUT2D eigenvalue weighted by atomic mass is 10.0. The number of carbonyl (C=O) groups is 3. The molecule has 3 fully saturated rings. The van der Waals surface area contributed by atoms with Gasteiger partial charge in [-0.3, -0.25) is 14.5 Å². The molecule has 3 unspecified atom stereocenters. The van der Waals surface area contributed by atoms with Crippen LogP contribution in [0.25, 0.3) is 0 Å². The van der Waals surface area contributed by atoms with Crippen molar-refractivity contribution in [3.63, 3.8) is 0 Å². The number of likely N-dealkylation sites (tertiary alicyclic amines) is 3. The monoisotopic (exact) mass is 437 g/mol. The predicted molar refractivity (Wildman–Crippen MR) is 113 cm³/mol. The highest BCUT2D eigenvalue weighted by Gasteiger charge is 2.53. The molecule has 1 aromatic carbocycles. The van der Waals surface area contributed by atoms with Crippen molar-refractivity contribution in [1.82, 2.24) is 14.7 Å². The van der Waals surface area contributed by atoms with Gasteiger partial charge in [0.2, 0.25) is 11.8 Å². The number of amides is 2. The average Bonchev–Trinajstić information content (AvgIpc) is 3.55. The van der Waals surface area contributed by atoms with Crippen molar-refractivity contribution >= 4 is 17.8 Å². The largest absolute Gasteiger partial charge is 0.478 e. The van der Waals surface area contributed by atoms with E-state index in [1.165, 1.54) is 0 Å². The quantitative estimate of drug-likeness (QED) is 0.686. The van der Waals surface area contributed by atoms with Crippen LogP contribution in [0.4, 0.5) is 0 Å². The molecule has 0 aromatic heterocycles. The fraction of sp³-hybridized carbons (Fsp3) is 0.565. The first-order chi connectivity index (χ1) is 15.4. The fourth-order valence-corrected chi connectivity index (χ4v) is 6.03. The Hall–Kier alpha value is -2.96. The van der Waals surface area contributed by atoms with Gasteiger partial charge in [0, 0.05) is 25.7 Å². The van der Waals surface area contributed by atoms with Crippen LogP contribution < -0.4 is 5.73 Å². The van der Waals surface area contributed by atoms with E-state index in [0.717, 1.165) is 36.8 Å². The summed E-state index contributed by atoms with van der Waals surface area (Å²) in [5.41, 5.74) is 8.55. The highest BCUT2D eigenvalue weighted by atomic mass is 16.4. The van der Waals surface area contributed by atoms with E-state index in [1.54, 1.807) is 17.0 Å². The van der Waals surface area contributed by atoms with Gasteiger partial charge in [0.25, 0.3) is 0 Å². The minimum Gasteiger partial charge on any atom is -0.478 e. The molecule has 3 saturated heterocycles. The molecule has 2 bridgehead atoms. The molecule has 9 nitrogen and oxygen atoms in total. The first-order valence-corrected chi connectivity index (χ1v) is 11.3. The number of nitrogens with zero attached hydrogens (tertiary/aromatic N) is 4. The van der Waals surface area contributed by atoms with E-state index >= 15 is 0 Å². The van der Waals surface area contributed by atoms with Crippen molar-refractivity contribution in [2.75, 3.05) is 19.6 Å². The van der Waals surface area contributed by atoms with Crippen molar-refractivity contribution in [2.24, 2.45) is 5.73 Å². The Morgan fingerprint density at radius 1 is 1.28 bits per heavy atom. The first-order valence-electron chi connectivity index (χ1n) is 11.3. The van der Waals surface area contributed by atoms with Crippen LogP contribution in [0.3, 0.4) is 0 Å². The molecule has 3 N–H and O–H groups in total. The summed E-state index contributed by atoms with van der Waals surface area (Å²) in [5, 5.41) is 18.5. The number of carbonyl (C=O) groups excluding carboxylic acids is 2. The standard InChI is InChI=1S/C23H27N5O4/c24-10-15-2-1-7-27(15)21(29)18(25)12-26-11-16-9-20(26)22(30)28(16)19-6-4-13-8-14(23(31)32)3-5-17(13)19/h3,5,8,15-16,18-20H,1-2,4,6-7,9,11-12,25H2,(H,31,32)/t15?,16-,18?,19-,20?/m0/s1. The molecule has 3 heterocycles. The molecule has 3 aliphatic heterocycles. The zero-order chi connectivity index (χ0) is 22.6. The Balaban J connectivity index is 1.25. The van der Waals surface area contributed by atoms with Gasteiger partial charge >= 0.3 is 5.97 Å². The number of hydrogen-bond donors (Lipinski definition) is 2. The second kappa shape index (κ2) is 7.87. The molecule has 1 aliphatic carbocycles. The predicted octanol–water partition coefficient (Wildman–Crippen LogP) is 0.499. The van der Waals surface area contributed by atoms with Gasteiger partial charge in [0.15, 0.2) is 0 Å². The second-order valence-electron chi connectivity index (χ2n) is 9.30. The van der Waals surface area contributed by atoms with Gasteiger partial charge in [0.05, 0.1) is 29.8 Å². The Morgan fingerprint density at radius 2 is 2.09 bits per heavy atom. The van der Waals surface area contributed by atoms with Crippen LogP contribution in [0.2, 0.25) is 0 Å². The number of nitrogens with two attached hydrogens (primary N) is 1. The number of fused-ring (bicyclic) bond motifs is 3. The van der Waals surface area contributed by atoms with Crippen LogP contribution in [0.1, 0.15) is 53.2 Å². The van der Waals surface area contributed by atoms with Crippen LogP contribution >= 0.6 is 0 Å². The molecule has 5 rings (SSSR count). The molecule has 0 spiro atoms. The molecular weight excluding hydrogens is 410 g/mol. The van der Waals surface area contributed by atoms with E-state index < -0.39 is 18.1 Å². The zero-order valence-corrected chi connectivity index (χ0v) is 17.8. The SMILES string of the molecule is N#CC1CCCN1C(=O)C(N)CN1C[C@@H]2CC1C(=O)N2[C@H]1CCc2cc(C(=O)O)ccc21. The lowest BCUT2D eigenvalue weighted by Gasteiger charge is -2.38. The Labute approximate surface area is 186 Å². The molecule has 32 heavy (non-hydrogen) atoms. The number of aryl methyl sites for hydroxylation is 1. The number of carboxylic acid groups (broad SMARTS) is 1. The van der Waals surface area contributed by atoms with E-state index in [4.69, 9.17) is 5.73 Å². The average molecular weight is 438 g/mol. The molecular formula is C23H27N5O4. The van der Waals surface area contributed by atoms with Crippen molar-refractivity contribution in [3.8, 4) is 6.07 Å². The summed E-state index contributed by atoms with van der Waals surface area (Å²) >= 11 is 0. The number of benzene rings is 1. The smallest absolute Gasteiger partial charge is 0.335 e. The van der Waals surface area contributed by atoms with Crippen molar-refractivity contribution < 1.29 is 19.5 Å². The topological polar surface area (TPSA) is 131 Å². The number of rotatable bonds is 5. The van der Waals surface area contributed by atoms with Gasteiger partial charge in [-0.15, -0.1) is 0 Å². The normalized spacial score (nSPS) is 29.9. The summed E-state index contributed by atoms with van der Waals surface area (Å²) in [6.07, 6.45) is 3.80. The van der Waals surface area contributed by atoms with Crippen LogP contribution in [0.15, 0.2) is 18.2 Å². The summed E-state index contributed by atoms with van der Waals surface area (Å²) in [5.74, 6) is -1.08. The molecule has 4 aliphatic rings. The van der Waals surface area contributed by atoms with Crippen LogP contribution in [0.5, 0.6) is 0 Å². The number of aromatic carboxylic acids is 1. The van der Waals surface area contributed by atoms with E-state index in [1.807, 2.05) is 15.9 Å². The molecule has 0 saturated carbocycles. The summed E-state index contributed by atoms with van der Waals surface area (Å²) in [6, 6.07) is 6.00. The third-order valence-corrected chi connectivity index (χ3v) is 7.52. The minimum absolute atomic E-state index is 0.0196. The Morgan fingerprint density at radius 3 is 2.81 bits per heavy atom. The number of piperazine rings is 1. The number of hydrogen-bond acceptors (Lipinski definition) is 6. The first kappa shape index (κ1) is 20.9. The maximum absolute atomic E-state index is 13.3. The van der Waals surface area contributed by atoms with Crippen LogP contribution in [0, 0.1) is 11.3 Å². The highest BCUT2D eigenvalue weighted by molar-refractivity contribution is 5.89. The molecule has 1 aromatic rings. The van der Waals surface area contributed by atoms with Gasteiger partial charge in [-0.1, -0.05) is 6.07 Å². The Kier molecular flexibility index (Phi) is 5.14. The van der Waals surface area contributed by atoms with E-state index in [-0.39, 0.29) is 35.5 Å². The third kappa shape index (κ3) is 3.26. The summed E-state index contributed by atoms with van der Waals surface area (Å²) in [7, 11) is 0. The van der Waals surface area contributed by atoms with Gasteiger partial charge in [0.1, 0.15) is 6.04 Å². The van der Waals surface area contributed by atoms with E-state index in [0.29, 0.717) is 26.1 Å². The van der Waals surface area contributed by atoms with Crippen molar-refractivity contribution in [3.05, 3.63) is 34.9 Å². The number of nitriles is 1. The summed E-state index contributed by atoms with van der Waals surface area (Å²) in [6.45, 7) is 1.56. The van der Waals surface area contributed by atoms with Gasteiger partial charge in [-0.25, -0.2) is 4.79 Å². The van der Waals surface area contributed by atoms with Crippen LogP contribution in [-0.2, 0) is 16.0 Å². The summed E-state index contributed by atoms with van der Waals surface area (Å²) < 4.78 is 0. The van der Waals surface area contributed by atoms with Gasteiger partial charge in [-0.2, -0.15) is 5.26 Å². The molecule has 168 valence electrons. The van der Waals surface area contributed by atoms with Crippen molar-refractivity contribution in [2.45, 2.75) is 62.3 Å². The maximum atomic E-state index is 13.3. The summed E-state index contributed by atoms with van der Waals surface area (Å²) in [4.78, 5) is 42.9. The third-order valence-electron chi connectivity index (χ3n) is 7.52. The molecule has 2 amide bonds. The highest BCUT2D eigenvalue weighted by Crippen LogP contribution is 2.44. The zero-order valence-electron chi connectivity index (χ0n) is 17.8. The maximum Gasteiger partial charge on any atom is 0.335 e. The van der Waals surface area contributed by atoms with Gasteiger partial charge in [-0.05, 0) is 55.4 Å². The van der Waals surface area contributed by atoms with Crippen LogP contribution in [-0.4, -0.2) is 81.4 Å². The lowest BCUT2D eigenvalue weighted by Crippen LogP contribution is -2.56. The van der Waals surface area contributed by atoms with E-state index in [9.17, 15) is 24.8 Å². The lowest BCUT2D eigenvalue weighted by molar-refractivity contribution is -0.141. The van der Waals surface area contributed by atoms with Crippen molar-refractivity contribution in [1.29, 1.82) is 5.26 Å². The number of carboxylic acids is 1. The molecule has 0 radical (unpaired) electrons. The second-order valence-corrected chi connectivity index (χ2v) is 9.30.